The minimum atomic E-state index is 0.652. The number of ether oxygens (including phenoxy) is 1. The molecule has 0 aliphatic heterocycles. The van der Waals surface area contributed by atoms with Crippen molar-refractivity contribution in [3.63, 3.8) is 0 Å². The summed E-state index contributed by atoms with van der Waals surface area (Å²) in [6, 6.07) is 3.87. The van der Waals surface area contributed by atoms with E-state index in [2.05, 4.69) is 20.3 Å². The van der Waals surface area contributed by atoms with Crippen molar-refractivity contribution < 1.29 is 4.74 Å². The van der Waals surface area contributed by atoms with Gasteiger partial charge in [0.25, 0.3) is 0 Å². The highest BCUT2D eigenvalue weighted by atomic mass is 16.5. The number of hydrogen-bond donors (Lipinski definition) is 1. The highest BCUT2D eigenvalue weighted by Gasteiger charge is 2.02. The average Bonchev–Trinajstić information content (AvgIpc) is 2.40. The molecule has 1 N–H and O–H groups in total. The first kappa shape index (κ1) is 11.5. The highest BCUT2D eigenvalue weighted by molar-refractivity contribution is 5.25. The topological polar surface area (TPSA) is 59.9 Å². The van der Waals surface area contributed by atoms with Crippen molar-refractivity contribution in [1.29, 1.82) is 0 Å². The predicted octanol–water partition coefficient (Wildman–Crippen LogP) is 1.17. The smallest absolute Gasteiger partial charge is 0.217 e. The molecule has 0 saturated heterocycles. The SMILES string of the molecule is COc1ncccc1CNCc1cnccn1. The third kappa shape index (κ3) is 3.22. The molecular formula is C12H14N4O. The third-order valence-electron chi connectivity index (χ3n) is 2.28. The first-order valence-corrected chi connectivity index (χ1v) is 5.33. The van der Waals surface area contributed by atoms with E-state index >= 15 is 0 Å². The van der Waals surface area contributed by atoms with Crippen LogP contribution in [0.15, 0.2) is 36.9 Å². The van der Waals surface area contributed by atoms with Crippen molar-refractivity contribution in [3.8, 4) is 5.88 Å². The molecule has 0 bridgehead atoms. The van der Waals surface area contributed by atoms with E-state index in [-0.39, 0.29) is 0 Å². The monoisotopic (exact) mass is 230 g/mol. The summed E-state index contributed by atoms with van der Waals surface area (Å²) in [6.07, 6.45) is 6.80. The van der Waals surface area contributed by atoms with Crippen LogP contribution in [0.3, 0.4) is 0 Å². The van der Waals surface area contributed by atoms with E-state index in [1.807, 2.05) is 12.1 Å². The molecule has 0 saturated carbocycles. The molecule has 0 fully saturated rings. The van der Waals surface area contributed by atoms with Crippen LogP contribution < -0.4 is 10.1 Å². The number of pyridine rings is 1. The lowest BCUT2D eigenvalue weighted by atomic mass is 10.2. The Morgan fingerprint density at radius 3 is 2.88 bits per heavy atom. The summed E-state index contributed by atoms with van der Waals surface area (Å²) >= 11 is 0. The fourth-order valence-corrected chi connectivity index (χ4v) is 1.49. The molecule has 88 valence electrons. The summed E-state index contributed by atoms with van der Waals surface area (Å²) in [5, 5.41) is 3.27. The normalized spacial score (nSPS) is 10.2. The fourth-order valence-electron chi connectivity index (χ4n) is 1.49. The summed E-state index contributed by atoms with van der Waals surface area (Å²) < 4.78 is 5.17. The molecular weight excluding hydrogens is 216 g/mol. The molecule has 0 amide bonds. The van der Waals surface area contributed by atoms with Gasteiger partial charge >= 0.3 is 0 Å². The molecule has 0 aliphatic carbocycles. The molecule has 2 aromatic rings. The quantitative estimate of drug-likeness (QED) is 0.835. The predicted molar refractivity (Wildman–Crippen MR) is 63.4 cm³/mol. The Morgan fingerprint density at radius 2 is 2.12 bits per heavy atom. The Balaban J connectivity index is 1.90. The zero-order valence-corrected chi connectivity index (χ0v) is 9.63. The molecule has 0 atom stereocenters. The van der Waals surface area contributed by atoms with Crippen LogP contribution in [0, 0.1) is 0 Å². The molecule has 5 nitrogen and oxygen atoms in total. The molecule has 0 unspecified atom stereocenters. The van der Waals surface area contributed by atoms with Gasteiger partial charge in [0, 0.05) is 43.4 Å². The molecule has 0 aromatic carbocycles. The van der Waals surface area contributed by atoms with Crippen molar-refractivity contribution >= 4 is 0 Å². The minimum Gasteiger partial charge on any atom is -0.481 e. The maximum Gasteiger partial charge on any atom is 0.217 e. The third-order valence-corrected chi connectivity index (χ3v) is 2.28. The van der Waals surface area contributed by atoms with Crippen LogP contribution in [0.4, 0.5) is 0 Å². The van der Waals surface area contributed by atoms with Gasteiger partial charge in [-0.25, -0.2) is 4.98 Å². The standard InChI is InChI=1S/C12H14N4O/c1-17-12-10(3-2-4-16-12)7-14-9-11-8-13-5-6-15-11/h2-6,8,14H,7,9H2,1H3. The van der Waals surface area contributed by atoms with E-state index in [9.17, 15) is 0 Å². The first-order chi connectivity index (χ1) is 8.40. The summed E-state index contributed by atoms with van der Waals surface area (Å²) in [5.41, 5.74) is 1.94. The number of aromatic nitrogens is 3. The van der Waals surface area contributed by atoms with Gasteiger partial charge in [-0.3, -0.25) is 9.97 Å². The number of hydrogen-bond acceptors (Lipinski definition) is 5. The van der Waals surface area contributed by atoms with E-state index in [0.29, 0.717) is 19.0 Å². The number of nitrogens with one attached hydrogen (secondary N) is 1. The van der Waals surface area contributed by atoms with Crippen LogP contribution in [0.1, 0.15) is 11.3 Å². The van der Waals surface area contributed by atoms with E-state index < -0.39 is 0 Å². The maximum atomic E-state index is 5.17. The summed E-state index contributed by atoms with van der Waals surface area (Å²) in [4.78, 5) is 12.3. The average molecular weight is 230 g/mol. The summed E-state index contributed by atoms with van der Waals surface area (Å²) in [5.74, 6) is 0.652. The zero-order chi connectivity index (χ0) is 11.9. The van der Waals surface area contributed by atoms with Crippen LogP contribution in [0.2, 0.25) is 0 Å². The van der Waals surface area contributed by atoms with Gasteiger partial charge < -0.3 is 10.1 Å². The molecule has 2 aromatic heterocycles. The molecule has 0 radical (unpaired) electrons. The molecule has 5 heteroatoms. The Hall–Kier alpha value is -2.01. The fraction of sp³-hybridized carbons (Fsp3) is 0.250. The number of rotatable bonds is 5. The van der Waals surface area contributed by atoms with Gasteiger partial charge in [-0.05, 0) is 6.07 Å². The summed E-state index contributed by atoms with van der Waals surface area (Å²) in [7, 11) is 1.62. The Morgan fingerprint density at radius 1 is 1.18 bits per heavy atom. The van der Waals surface area contributed by atoms with Crippen molar-refractivity contribution in [2.45, 2.75) is 13.1 Å². The zero-order valence-electron chi connectivity index (χ0n) is 9.63. The van der Waals surface area contributed by atoms with E-state index in [1.165, 1.54) is 0 Å². The Labute approximate surface area is 99.9 Å². The van der Waals surface area contributed by atoms with Crippen LogP contribution in [0.25, 0.3) is 0 Å². The van der Waals surface area contributed by atoms with Crippen molar-refractivity contribution in [1.82, 2.24) is 20.3 Å². The van der Waals surface area contributed by atoms with Gasteiger partial charge in [-0.2, -0.15) is 0 Å². The van der Waals surface area contributed by atoms with Gasteiger partial charge in [0.1, 0.15) is 0 Å². The van der Waals surface area contributed by atoms with Gasteiger partial charge in [0.05, 0.1) is 12.8 Å². The first-order valence-electron chi connectivity index (χ1n) is 5.33. The lowest BCUT2D eigenvalue weighted by Crippen LogP contribution is -2.14. The van der Waals surface area contributed by atoms with E-state index in [0.717, 1.165) is 11.3 Å². The number of nitrogens with zero attached hydrogens (tertiary/aromatic N) is 3. The van der Waals surface area contributed by atoms with Gasteiger partial charge in [0.15, 0.2) is 0 Å². The van der Waals surface area contributed by atoms with E-state index in [4.69, 9.17) is 4.74 Å². The molecule has 2 rings (SSSR count). The van der Waals surface area contributed by atoms with Crippen LogP contribution in [-0.2, 0) is 13.1 Å². The van der Waals surface area contributed by atoms with Crippen molar-refractivity contribution in [2.24, 2.45) is 0 Å². The van der Waals surface area contributed by atoms with Crippen molar-refractivity contribution in [2.75, 3.05) is 7.11 Å². The molecule has 17 heavy (non-hydrogen) atoms. The largest absolute Gasteiger partial charge is 0.481 e. The Kier molecular flexibility index (Phi) is 3.99. The second kappa shape index (κ2) is 5.91. The Bertz CT molecular complexity index is 461. The molecule has 0 aliphatic rings. The van der Waals surface area contributed by atoms with Crippen LogP contribution >= 0.6 is 0 Å². The molecule has 2 heterocycles. The highest BCUT2D eigenvalue weighted by Crippen LogP contribution is 2.12. The second-order valence-electron chi connectivity index (χ2n) is 3.47. The summed E-state index contributed by atoms with van der Waals surface area (Å²) in [6.45, 7) is 1.36. The number of methoxy groups -OCH3 is 1. The maximum absolute atomic E-state index is 5.17. The lowest BCUT2D eigenvalue weighted by molar-refractivity contribution is 0.390. The molecule has 0 spiro atoms. The van der Waals surface area contributed by atoms with Gasteiger partial charge in [-0.15, -0.1) is 0 Å². The van der Waals surface area contributed by atoms with Crippen LogP contribution in [0.5, 0.6) is 5.88 Å². The van der Waals surface area contributed by atoms with Crippen molar-refractivity contribution in [3.05, 3.63) is 48.2 Å². The lowest BCUT2D eigenvalue weighted by Gasteiger charge is -2.07. The van der Waals surface area contributed by atoms with Crippen LogP contribution in [-0.4, -0.2) is 22.1 Å². The van der Waals surface area contributed by atoms with Gasteiger partial charge in [0.2, 0.25) is 5.88 Å². The van der Waals surface area contributed by atoms with Gasteiger partial charge in [-0.1, -0.05) is 6.07 Å². The minimum absolute atomic E-state index is 0.652. The van der Waals surface area contributed by atoms with E-state index in [1.54, 1.807) is 31.9 Å². The second-order valence-corrected chi connectivity index (χ2v) is 3.47.